The van der Waals surface area contributed by atoms with Crippen LogP contribution in [0.1, 0.15) is 42.2 Å². The average molecular weight is 481 g/mol. The summed E-state index contributed by atoms with van der Waals surface area (Å²) in [5, 5.41) is 16.2. The molecule has 0 aliphatic carbocycles. The molecule has 9 heteroatoms. The molecule has 4 rings (SSSR count). The van der Waals surface area contributed by atoms with E-state index in [-0.39, 0.29) is 24.2 Å². The molecule has 0 saturated carbocycles. The summed E-state index contributed by atoms with van der Waals surface area (Å²) in [6.45, 7) is 2.85. The van der Waals surface area contributed by atoms with Crippen molar-refractivity contribution in [1.82, 2.24) is 9.55 Å². The maximum Gasteiger partial charge on any atom is 0.356 e. The summed E-state index contributed by atoms with van der Waals surface area (Å²) in [6, 6.07) is 11.8. The normalized spacial score (nSPS) is 16.3. The van der Waals surface area contributed by atoms with E-state index in [9.17, 15) is 14.7 Å². The van der Waals surface area contributed by atoms with Gasteiger partial charge in [-0.15, -0.1) is 0 Å². The molecule has 3 heterocycles. The van der Waals surface area contributed by atoms with Crippen LogP contribution in [-0.2, 0) is 27.2 Å². The van der Waals surface area contributed by atoms with Gasteiger partial charge in [0.05, 0.1) is 31.3 Å². The molecule has 1 aromatic carbocycles. The van der Waals surface area contributed by atoms with Crippen LogP contribution in [0.2, 0.25) is 0 Å². The zero-order chi connectivity index (χ0) is 24.8. The Kier molecular flexibility index (Phi) is 7.99. The fraction of sp³-hybridized carbons (Fsp3) is 0.423. The number of benzene rings is 1. The number of anilines is 2. The van der Waals surface area contributed by atoms with Crippen molar-refractivity contribution in [2.24, 2.45) is 0 Å². The van der Waals surface area contributed by atoms with Gasteiger partial charge in [-0.3, -0.25) is 4.79 Å². The number of amides is 1. The van der Waals surface area contributed by atoms with Gasteiger partial charge in [-0.2, -0.15) is 0 Å². The minimum absolute atomic E-state index is 0.0471. The Morgan fingerprint density at radius 2 is 2.11 bits per heavy atom. The van der Waals surface area contributed by atoms with Gasteiger partial charge in [-0.1, -0.05) is 30.3 Å². The highest BCUT2D eigenvalue weighted by molar-refractivity contribution is 6.12. The first-order valence-corrected chi connectivity index (χ1v) is 12.0. The molecule has 0 unspecified atom stereocenters. The molecule has 35 heavy (non-hydrogen) atoms. The monoisotopic (exact) mass is 480 g/mol. The lowest BCUT2D eigenvalue weighted by Crippen LogP contribution is -2.28. The summed E-state index contributed by atoms with van der Waals surface area (Å²) in [6.07, 6.45) is 4.15. The van der Waals surface area contributed by atoms with Crippen molar-refractivity contribution in [2.75, 3.05) is 31.0 Å². The van der Waals surface area contributed by atoms with E-state index in [1.165, 1.54) is 12.7 Å². The first-order chi connectivity index (χ1) is 17.0. The van der Waals surface area contributed by atoms with E-state index in [1.807, 2.05) is 35.8 Å². The van der Waals surface area contributed by atoms with Crippen LogP contribution >= 0.6 is 0 Å². The SMILES string of the molecule is COC(=O)c1c(NC(=O)[C@H]2CCCO2)c2cc(N[C@H](C)CO)cnc2n1CCCc1ccccc1. The van der Waals surface area contributed by atoms with Crippen LogP contribution in [0.4, 0.5) is 11.4 Å². The lowest BCUT2D eigenvalue weighted by molar-refractivity contribution is -0.124. The van der Waals surface area contributed by atoms with E-state index in [2.05, 4.69) is 27.8 Å². The second kappa shape index (κ2) is 11.3. The number of aryl methyl sites for hydroxylation is 2. The van der Waals surface area contributed by atoms with Gasteiger partial charge in [0.15, 0.2) is 5.69 Å². The molecular weight excluding hydrogens is 448 g/mol. The van der Waals surface area contributed by atoms with Gasteiger partial charge in [0.1, 0.15) is 11.8 Å². The minimum Gasteiger partial charge on any atom is -0.464 e. The number of hydrogen-bond acceptors (Lipinski definition) is 7. The number of carbonyl (C=O) groups excluding carboxylic acids is 2. The molecule has 1 saturated heterocycles. The highest BCUT2D eigenvalue weighted by Gasteiger charge is 2.30. The van der Waals surface area contributed by atoms with Crippen molar-refractivity contribution in [2.45, 2.75) is 51.3 Å². The van der Waals surface area contributed by atoms with Crippen LogP contribution < -0.4 is 10.6 Å². The van der Waals surface area contributed by atoms with Crippen molar-refractivity contribution >= 4 is 34.3 Å². The smallest absolute Gasteiger partial charge is 0.356 e. The molecule has 186 valence electrons. The van der Waals surface area contributed by atoms with Crippen LogP contribution in [-0.4, -0.2) is 59.0 Å². The largest absolute Gasteiger partial charge is 0.464 e. The third-order valence-electron chi connectivity index (χ3n) is 6.12. The van der Waals surface area contributed by atoms with E-state index in [0.717, 1.165) is 19.3 Å². The van der Waals surface area contributed by atoms with E-state index in [1.54, 1.807) is 6.20 Å². The van der Waals surface area contributed by atoms with Gasteiger partial charge in [-0.05, 0) is 44.2 Å². The lowest BCUT2D eigenvalue weighted by atomic mass is 10.1. The molecule has 2 atom stereocenters. The number of hydrogen-bond donors (Lipinski definition) is 3. The number of pyridine rings is 1. The summed E-state index contributed by atoms with van der Waals surface area (Å²) >= 11 is 0. The lowest BCUT2D eigenvalue weighted by Gasteiger charge is -2.13. The number of nitrogens with one attached hydrogen (secondary N) is 2. The zero-order valence-corrected chi connectivity index (χ0v) is 20.1. The second-order valence-electron chi connectivity index (χ2n) is 8.77. The number of nitrogens with zero attached hydrogens (tertiary/aromatic N) is 2. The van der Waals surface area contributed by atoms with Crippen LogP contribution in [0.25, 0.3) is 11.0 Å². The van der Waals surface area contributed by atoms with Gasteiger partial charge in [0, 0.05) is 24.6 Å². The number of aliphatic hydroxyl groups is 1. The predicted octanol–water partition coefficient (Wildman–Crippen LogP) is 3.37. The fourth-order valence-electron chi connectivity index (χ4n) is 4.36. The molecule has 0 radical (unpaired) electrons. The molecule has 3 N–H and O–H groups in total. The van der Waals surface area contributed by atoms with Gasteiger partial charge in [-0.25, -0.2) is 9.78 Å². The molecule has 3 aromatic rings. The number of rotatable bonds is 10. The molecule has 1 fully saturated rings. The van der Waals surface area contributed by atoms with Gasteiger partial charge in [0.2, 0.25) is 0 Å². The van der Waals surface area contributed by atoms with Crippen molar-refractivity contribution in [3.05, 3.63) is 53.9 Å². The Morgan fingerprint density at radius 1 is 1.31 bits per heavy atom. The number of aromatic nitrogens is 2. The minimum atomic E-state index is -0.555. The van der Waals surface area contributed by atoms with Crippen molar-refractivity contribution < 1.29 is 24.2 Å². The highest BCUT2D eigenvalue weighted by atomic mass is 16.5. The third-order valence-corrected chi connectivity index (χ3v) is 6.12. The van der Waals surface area contributed by atoms with E-state index in [4.69, 9.17) is 9.47 Å². The van der Waals surface area contributed by atoms with Crippen molar-refractivity contribution in [3.63, 3.8) is 0 Å². The standard InChI is InChI=1S/C26H32N4O5/c1-17(16-31)28-19-14-20-22(29-25(32)21-11-7-13-35-21)23(26(33)34-2)30(24(20)27-15-19)12-6-10-18-8-4-3-5-9-18/h3-5,8-9,14-15,17,21,28,31H,6-7,10-13,16H2,1-2H3,(H,29,32)/t17-,21-/m1/s1. The Bertz CT molecular complexity index is 1170. The van der Waals surface area contributed by atoms with E-state index < -0.39 is 12.1 Å². The van der Waals surface area contributed by atoms with Crippen molar-refractivity contribution in [3.8, 4) is 0 Å². The van der Waals surface area contributed by atoms with Crippen LogP contribution in [0.15, 0.2) is 42.6 Å². The van der Waals surface area contributed by atoms with Gasteiger partial charge < -0.3 is 29.8 Å². The predicted molar refractivity (Wildman–Crippen MR) is 134 cm³/mol. The Labute approximate surface area is 204 Å². The molecule has 0 spiro atoms. The Balaban J connectivity index is 1.74. The number of ether oxygens (including phenoxy) is 2. The third kappa shape index (κ3) is 5.63. The number of esters is 1. The van der Waals surface area contributed by atoms with Crippen molar-refractivity contribution in [1.29, 1.82) is 0 Å². The number of methoxy groups -OCH3 is 1. The Morgan fingerprint density at radius 3 is 2.80 bits per heavy atom. The summed E-state index contributed by atoms with van der Waals surface area (Å²) in [5.41, 5.74) is 3.06. The molecule has 1 amide bonds. The van der Waals surface area contributed by atoms with Crippen LogP contribution in [0, 0.1) is 0 Å². The summed E-state index contributed by atoms with van der Waals surface area (Å²) in [4.78, 5) is 30.6. The fourth-order valence-corrected chi connectivity index (χ4v) is 4.36. The van der Waals surface area contributed by atoms with Crippen LogP contribution in [0.3, 0.4) is 0 Å². The molecule has 9 nitrogen and oxygen atoms in total. The molecule has 1 aliphatic heterocycles. The quantitative estimate of drug-likeness (QED) is 0.381. The number of carbonyl (C=O) groups is 2. The summed E-state index contributed by atoms with van der Waals surface area (Å²) in [7, 11) is 1.32. The highest BCUT2D eigenvalue weighted by Crippen LogP contribution is 2.33. The first kappa shape index (κ1) is 24.7. The maximum atomic E-state index is 13.0. The molecule has 2 aromatic heterocycles. The summed E-state index contributed by atoms with van der Waals surface area (Å²) in [5.74, 6) is -0.846. The molecule has 1 aliphatic rings. The number of aliphatic hydroxyl groups excluding tert-OH is 1. The zero-order valence-electron chi connectivity index (χ0n) is 20.1. The molecular formula is C26H32N4O5. The number of fused-ring (bicyclic) bond motifs is 1. The molecule has 0 bridgehead atoms. The first-order valence-electron chi connectivity index (χ1n) is 12.0. The van der Waals surface area contributed by atoms with Gasteiger partial charge >= 0.3 is 5.97 Å². The average Bonchev–Trinajstić information content (AvgIpc) is 3.52. The Hall–Kier alpha value is -3.43. The summed E-state index contributed by atoms with van der Waals surface area (Å²) < 4.78 is 12.5. The maximum absolute atomic E-state index is 13.0. The van der Waals surface area contributed by atoms with E-state index >= 15 is 0 Å². The van der Waals surface area contributed by atoms with Crippen LogP contribution in [0.5, 0.6) is 0 Å². The van der Waals surface area contributed by atoms with Gasteiger partial charge in [0.25, 0.3) is 5.91 Å². The topological polar surface area (TPSA) is 115 Å². The second-order valence-corrected chi connectivity index (χ2v) is 8.77. The van der Waals surface area contributed by atoms with E-state index in [0.29, 0.717) is 42.0 Å².